The van der Waals surface area contributed by atoms with Gasteiger partial charge in [0.2, 0.25) is 0 Å². The number of carbonyl (C=O) groups excluding carboxylic acids is 1. The fraction of sp³-hybridized carbons (Fsp3) is 0.258. The van der Waals surface area contributed by atoms with E-state index in [2.05, 4.69) is 58.4 Å². The predicted molar refractivity (Wildman–Crippen MR) is 140 cm³/mol. The van der Waals surface area contributed by atoms with Gasteiger partial charge in [0, 0.05) is 10.4 Å². The normalized spacial score (nSPS) is 26.7. The van der Waals surface area contributed by atoms with Crippen LogP contribution in [-0.2, 0) is 26.8 Å². The lowest BCUT2D eigenvalue weighted by molar-refractivity contribution is -0.144. The number of aryl methyl sites for hydroxylation is 1. The predicted octanol–water partition coefficient (Wildman–Crippen LogP) is 6.22. The number of hydrogen-bond acceptors (Lipinski definition) is 4. The second kappa shape index (κ2) is 8.19. The molecule has 0 radical (unpaired) electrons. The SMILES string of the molecule is COC(=O)[C@@H]1C2=Cc3ccc(Br)cc3C(C#N)(C#N)C23c2ccccc2CC[C@@H]3[C@H]1c1ccccc1. The van der Waals surface area contributed by atoms with Crippen molar-refractivity contribution in [3.63, 3.8) is 0 Å². The Morgan fingerprint density at radius 1 is 1.00 bits per heavy atom. The Balaban J connectivity index is 1.80. The van der Waals surface area contributed by atoms with Crippen LogP contribution in [0.15, 0.2) is 82.8 Å². The number of halogens is 1. The molecule has 0 amide bonds. The number of rotatable bonds is 2. The van der Waals surface area contributed by atoms with Gasteiger partial charge in [-0.2, -0.15) is 10.5 Å². The molecule has 1 spiro atoms. The number of carbonyl (C=O) groups is 1. The summed E-state index contributed by atoms with van der Waals surface area (Å²) in [4.78, 5) is 13.6. The van der Waals surface area contributed by atoms with E-state index in [1.54, 1.807) is 0 Å². The lowest BCUT2D eigenvalue weighted by Gasteiger charge is -2.52. The van der Waals surface area contributed by atoms with Gasteiger partial charge in [0.05, 0.1) is 30.6 Å². The largest absolute Gasteiger partial charge is 0.469 e. The Kier molecular flexibility index (Phi) is 5.18. The van der Waals surface area contributed by atoms with Gasteiger partial charge in [-0.3, -0.25) is 4.79 Å². The molecule has 4 nitrogen and oxygen atoms in total. The summed E-state index contributed by atoms with van der Waals surface area (Å²) in [6, 6.07) is 29.0. The standard InChI is InChI=1S/C31H23BrN2O2/c1-36-29(35)28-26-15-21-11-13-22(32)16-25(21)30(17-33,18-34)31(26)23-10-6-5-7-19(23)12-14-24(31)27(28)20-8-3-2-4-9-20/h2-11,13,15-16,24,27-28H,12,14H2,1H3/t24-,27-,28-,31?/m1/s1. The minimum Gasteiger partial charge on any atom is -0.469 e. The molecule has 0 saturated heterocycles. The summed E-state index contributed by atoms with van der Waals surface area (Å²) >= 11 is 3.57. The molecule has 3 aromatic carbocycles. The van der Waals surface area contributed by atoms with E-state index in [4.69, 9.17) is 4.74 Å². The maximum Gasteiger partial charge on any atom is 0.313 e. The Morgan fingerprint density at radius 2 is 1.72 bits per heavy atom. The van der Waals surface area contributed by atoms with Crippen molar-refractivity contribution >= 4 is 28.0 Å². The van der Waals surface area contributed by atoms with E-state index in [0.29, 0.717) is 5.56 Å². The van der Waals surface area contributed by atoms with Crippen LogP contribution < -0.4 is 0 Å². The summed E-state index contributed by atoms with van der Waals surface area (Å²) in [6.45, 7) is 0. The molecular weight excluding hydrogens is 512 g/mol. The molecule has 176 valence electrons. The second-order valence-electron chi connectivity index (χ2n) is 9.85. The van der Waals surface area contributed by atoms with Crippen molar-refractivity contribution in [1.82, 2.24) is 0 Å². The topological polar surface area (TPSA) is 73.9 Å². The molecule has 1 unspecified atom stereocenters. The molecule has 36 heavy (non-hydrogen) atoms. The number of ether oxygens (including phenoxy) is 1. The first-order chi connectivity index (χ1) is 17.5. The minimum absolute atomic E-state index is 0.142. The van der Waals surface area contributed by atoms with Gasteiger partial charge in [-0.15, -0.1) is 0 Å². The van der Waals surface area contributed by atoms with Gasteiger partial charge in [-0.25, -0.2) is 0 Å². The molecule has 5 heteroatoms. The number of nitriles is 2. The molecule has 0 N–H and O–H groups in total. The molecule has 4 atom stereocenters. The maximum atomic E-state index is 13.6. The third-order valence-corrected chi connectivity index (χ3v) is 9.10. The highest BCUT2D eigenvalue weighted by Crippen LogP contribution is 2.71. The zero-order valence-corrected chi connectivity index (χ0v) is 21.3. The van der Waals surface area contributed by atoms with Crippen LogP contribution in [0.25, 0.3) is 6.08 Å². The minimum atomic E-state index is -1.52. The first-order valence-corrected chi connectivity index (χ1v) is 12.9. The quantitative estimate of drug-likeness (QED) is 0.366. The lowest BCUT2D eigenvalue weighted by atomic mass is 9.46. The molecule has 1 saturated carbocycles. The van der Waals surface area contributed by atoms with Gasteiger partial charge in [0.1, 0.15) is 0 Å². The first kappa shape index (κ1) is 22.8. The van der Waals surface area contributed by atoms with Crippen LogP contribution in [0.2, 0.25) is 0 Å². The highest BCUT2D eigenvalue weighted by molar-refractivity contribution is 9.10. The van der Waals surface area contributed by atoms with Crippen LogP contribution in [0.4, 0.5) is 0 Å². The number of hydrogen-bond donors (Lipinski definition) is 0. The van der Waals surface area contributed by atoms with E-state index in [1.807, 2.05) is 48.5 Å². The summed E-state index contributed by atoms with van der Waals surface area (Å²) < 4.78 is 6.23. The van der Waals surface area contributed by atoms with Crippen molar-refractivity contribution in [2.75, 3.05) is 7.11 Å². The van der Waals surface area contributed by atoms with Gasteiger partial charge < -0.3 is 4.74 Å². The fourth-order valence-electron chi connectivity index (χ4n) is 7.42. The Labute approximate surface area is 219 Å². The zero-order valence-electron chi connectivity index (χ0n) is 19.7. The van der Waals surface area contributed by atoms with Crippen molar-refractivity contribution < 1.29 is 9.53 Å². The van der Waals surface area contributed by atoms with Gasteiger partial charge in [-0.1, -0.05) is 82.7 Å². The number of methoxy groups -OCH3 is 1. The third-order valence-electron chi connectivity index (χ3n) is 8.60. The van der Waals surface area contributed by atoms with E-state index in [1.165, 1.54) is 7.11 Å². The third kappa shape index (κ3) is 2.70. The average molecular weight is 535 g/mol. The van der Waals surface area contributed by atoms with Crippen LogP contribution in [0.5, 0.6) is 0 Å². The molecule has 3 aliphatic rings. The summed E-state index contributed by atoms with van der Waals surface area (Å²) in [5.74, 6) is -1.30. The molecule has 0 aliphatic heterocycles. The van der Waals surface area contributed by atoms with Crippen molar-refractivity contribution in [1.29, 1.82) is 10.5 Å². The van der Waals surface area contributed by atoms with Gasteiger partial charge in [0.15, 0.2) is 5.41 Å². The van der Waals surface area contributed by atoms with Crippen LogP contribution in [0.1, 0.15) is 40.2 Å². The van der Waals surface area contributed by atoms with Crippen molar-refractivity contribution in [3.8, 4) is 12.1 Å². The Hall–Kier alpha value is -3.67. The molecule has 3 aromatic rings. The smallest absolute Gasteiger partial charge is 0.313 e. The van der Waals surface area contributed by atoms with E-state index >= 15 is 0 Å². The Bertz CT molecular complexity index is 1500. The van der Waals surface area contributed by atoms with Crippen molar-refractivity contribution in [2.45, 2.75) is 29.6 Å². The van der Waals surface area contributed by atoms with E-state index in [-0.39, 0.29) is 17.8 Å². The van der Waals surface area contributed by atoms with E-state index in [0.717, 1.165) is 45.1 Å². The van der Waals surface area contributed by atoms with Crippen LogP contribution in [-0.4, -0.2) is 13.1 Å². The van der Waals surface area contributed by atoms with Gasteiger partial charge >= 0.3 is 5.97 Å². The summed E-state index contributed by atoms with van der Waals surface area (Å²) in [6.07, 6.45) is 3.65. The van der Waals surface area contributed by atoms with Crippen molar-refractivity contribution in [3.05, 3.63) is 111 Å². The van der Waals surface area contributed by atoms with Crippen LogP contribution in [0.3, 0.4) is 0 Å². The number of nitrogens with zero attached hydrogens (tertiary/aromatic N) is 2. The highest BCUT2D eigenvalue weighted by atomic mass is 79.9. The van der Waals surface area contributed by atoms with Crippen LogP contribution in [0, 0.1) is 34.5 Å². The molecule has 0 heterocycles. The molecule has 1 fully saturated rings. The Morgan fingerprint density at radius 3 is 2.44 bits per heavy atom. The highest BCUT2D eigenvalue weighted by Gasteiger charge is 2.72. The number of esters is 1. The van der Waals surface area contributed by atoms with Crippen LogP contribution >= 0.6 is 15.9 Å². The molecule has 0 bridgehead atoms. The van der Waals surface area contributed by atoms with Gasteiger partial charge in [0.25, 0.3) is 0 Å². The average Bonchev–Trinajstić information content (AvgIpc) is 3.23. The second-order valence-corrected chi connectivity index (χ2v) is 10.8. The zero-order chi connectivity index (χ0) is 25.1. The summed E-state index contributed by atoms with van der Waals surface area (Å²) in [5.41, 5.74) is 2.93. The summed E-state index contributed by atoms with van der Waals surface area (Å²) in [7, 11) is 1.42. The number of fused-ring (bicyclic) bond motifs is 2. The monoisotopic (exact) mass is 534 g/mol. The molecule has 6 rings (SSSR count). The molecule has 3 aliphatic carbocycles. The first-order valence-electron chi connectivity index (χ1n) is 12.1. The fourth-order valence-corrected chi connectivity index (χ4v) is 7.78. The van der Waals surface area contributed by atoms with Crippen molar-refractivity contribution in [2.24, 2.45) is 11.8 Å². The molecular formula is C31H23BrN2O2. The molecule has 0 aromatic heterocycles. The number of benzene rings is 3. The van der Waals surface area contributed by atoms with E-state index in [9.17, 15) is 15.3 Å². The lowest BCUT2D eigenvalue weighted by Crippen LogP contribution is -2.55. The van der Waals surface area contributed by atoms with Gasteiger partial charge in [-0.05, 0) is 64.3 Å². The summed E-state index contributed by atoms with van der Waals surface area (Å²) in [5, 5.41) is 22.0. The van der Waals surface area contributed by atoms with E-state index < -0.39 is 16.7 Å². The maximum absolute atomic E-state index is 13.6.